The maximum atomic E-state index is 14.3. The van der Waals surface area contributed by atoms with Gasteiger partial charge in [-0.15, -0.1) is 0 Å². The summed E-state index contributed by atoms with van der Waals surface area (Å²) in [6.07, 6.45) is 8.55. The lowest BCUT2D eigenvalue weighted by Crippen LogP contribution is -2.57. The number of amides is 3. The molecule has 9 heteroatoms. The summed E-state index contributed by atoms with van der Waals surface area (Å²) in [6.45, 7) is 0.508. The van der Waals surface area contributed by atoms with Crippen LogP contribution in [0, 0.1) is 5.92 Å². The van der Waals surface area contributed by atoms with Crippen molar-refractivity contribution in [2.75, 3.05) is 27.9 Å². The van der Waals surface area contributed by atoms with E-state index in [0.717, 1.165) is 50.5 Å². The van der Waals surface area contributed by atoms with Crippen LogP contribution in [0.4, 0.5) is 0 Å². The van der Waals surface area contributed by atoms with E-state index in [1.807, 2.05) is 12.1 Å². The van der Waals surface area contributed by atoms with E-state index in [1.54, 1.807) is 26.2 Å². The van der Waals surface area contributed by atoms with E-state index in [2.05, 4.69) is 5.32 Å². The molecule has 3 N–H and O–H groups in total. The van der Waals surface area contributed by atoms with E-state index < -0.39 is 23.4 Å². The van der Waals surface area contributed by atoms with Crippen molar-refractivity contribution in [2.24, 2.45) is 11.7 Å². The lowest BCUT2D eigenvalue weighted by atomic mass is 9.75. The minimum Gasteiger partial charge on any atom is -0.493 e. The van der Waals surface area contributed by atoms with Crippen molar-refractivity contribution < 1.29 is 28.6 Å². The third kappa shape index (κ3) is 5.11. The molecule has 1 unspecified atom stereocenters. The van der Waals surface area contributed by atoms with Gasteiger partial charge in [0.2, 0.25) is 23.5 Å². The third-order valence-corrected chi connectivity index (χ3v) is 8.11. The number of piperidine rings is 1. The zero-order chi connectivity index (χ0) is 25.9. The summed E-state index contributed by atoms with van der Waals surface area (Å²) in [5, 5.41) is 2.87. The Morgan fingerprint density at radius 1 is 0.944 bits per heavy atom. The minimum atomic E-state index is -0.956. The highest BCUT2D eigenvalue weighted by Crippen LogP contribution is 2.45. The Kier molecular flexibility index (Phi) is 7.95. The first-order valence-corrected chi connectivity index (χ1v) is 13.1. The number of rotatable bonds is 9. The first-order chi connectivity index (χ1) is 17.3. The van der Waals surface area contributed by atoms with Crippen molar-refractivity contribution in [3.63, 3.8) is 0 Å². The molecule has 3 amide bonds. The SMILES string of the molecule is COc1cc([C@@H](C(=O)N2CCCCC2C(=O)NC2(C(N)=O)CC2)C2CCCCC2)cc(OC)c1OC. The standard InChI is InChI=1S/C27H39N3O6/c1-34-20-15-18(16-21(35-2)23(20)36-3)22(17-9-5-4-6-10-17)25(32)30-14-8-7-11-19(30)24(31)29-27(12-13-27)26(28)33/h15-17,19,22H,4-14H2,1-3H3,(H2,28,33)(H,29,31)/t19?,22-/m0/s1. The number of nitrogens with one attached hydrogen (secondary N) is 1. The Balaban J connectivity index is 1.68. The average Bonchev–Trinajstić information content (AvgIpc) is 3.69. The number of carbonyl (C=O) groups excluding carboxylic acids is 3. The fraction of sp³-hybridized carbons (Fsp3) is 0.667. The maximum absolute atomic E-state index is 14.3. The van der Waals surface area contributed by atoms with Crippen LogP contribution in [-0.2, 0) is 14.4 Å². The number of benzene rings is 1. The Morgan fingerprint density at radius 2 is 1.56 bits per heavy atom. The summed E-state index contributed by atoms with van der Waals surface area (Å²) in [5.74, 6) is 0.359. The van der Waals surface area contributed by atoms with Gasteiger partial charge in [0, 0.05) is 6.54 Å². The fourth-order valence-electron chi connectivity index (χ4n) is 5.89. The molecule has 4 rings (SSSR count). The first-order valence-electron chi connectivity index (χ1n) is 13.1. The summed E-state index contributed by atoms with van der Waals surface area (Å²) in [5.41, 5.74) is 5.39. The molecule has 36 heavy (non-hydrogen) atoms. The molecule has 1 heterocycles. The van der Waals surface area contributed by atoms with Crippen LogP contribution in [-0.4, -0.2) is 62.1 Å². The summed E-state index contributed by atoms with van der Waals surface area (Å²) in [4.78, 5) is 41.3. The number of methoxy groups -OCH3 is 3. The van der Waals surface area contributed by atoms with Crippen molar-refractivity contribution in [3.05, 3.63) is 17.7 Å². The monoisotopic (exact) mass is 501 g/mol. The van der Waals surface area contributed by atoms with E-state index >= 15 is 0 Å². The van der Waals surface area contributed by atoms with Crippen molar-refractivity contribution in [1.29, 1.82) is 0 Å². The number of nitrogens with zero attached hydrogens (tertiary/aromatic N) is 1. The van der Waals surface area contributed by atoms with Gasteiger partial charge in [0.05, 0.1) is 27.2 Å². The van der Waals surface area contributed by atoms with Crippen molar-refractivity contribution in [1.82, 2.24) is 10.2 Å². The average molecular weight is 502 g/mol. The molecule has 3 fully saturated rings. The molecule has 0 spiro atoms. The molecule has 3 aliphatic rings. The van der Waals surface area contributed by atoms with Crippen LogP contribution >= 0.6 is 0 Å². The van der Waals surface area contributed by atoms with Crippen LogP contribution in [0.15, 0.2) is 12.1 Å². The van der Waals surface area contributed by atoms with Crippen LogP contribution in [0.2, 0.25) is 0 Å². The molecule has 1 aliphatic heterocycles. The Hall–Kier alpha value is -2.97. The molecule has 1 aromatic carbocycles. The van der Waals surface area contributed by atoms with Gasteiger partial charge in [0.15, 0.2) is 11.5 Å². The molecule has 2 aliphatic carbocycles. The van der Waals surface area contributed by atoms with Gasteiger partial charge in [0.25, 0.3) is 0 Å². The number of hydrogen-bond acceptors (Lipinski definition) is 6. The molecular weight excluding hydrogens is 462 g/mol. The van der Waals surface area contributed by atoms with E-state index in [-0.39, 0.29) is 17.7 Å². The normalized spacial score (nSPS) is 22.3. The largest absolute Gasteiger partial charge is 0.493 e. The lowest BCUT2D eigenvalue weighted by Gasteiger charge is -2.40. The first kappa shape index (κ1) is 26.1. The van der Waals surface area contributed by atoms with Crippen molar-refractivity contribution in [2.45, 2.75) is 81.7 Å². The molecular formula is C27H39N3O6. The molecule has 2 saturated carbocycles. The highest BCUT2D eigenvalue weighted by Gasteiger charge is 2.51. The van der Waals surface area contributed by atoms with Gasteiger partial charge in [-0.2, -0.15) is 0 Å². The van der Waals surface area contributed by atoms with Gasteiger partial charge in [-0.25, -0.2) is 0 Å². The van der Waals surface area contributed by atoms with Gasteiger partial charge >= 0.3 is 0 Å². The van der Waals surface area contributed by atoms with Gasteiger partial charge in [0.1, 0.15) is 11.6 Å². The molecule has 0 bridgehead atoms. The van der Waals surface area contributed by atoms with Crippen molar-refractivity contribution >= 4 is 17.7 Å². The van der Waals surface area contributed by atoms with Crippen LogP contribution in [0.5, 0.6) is 17.2 Å². The summed E-state index contributed by atoms with van der Waals surface area (Å²) in [7, 11) is 4.69. The lowest BCUT2D eigenvalue weighted by molar-refractivity contribution is -0.145. The summed E-state index contributed by atoms with van der Waals surface area (Å²) >= 11 is 0. The molecule has 0 aromatic heterocycles. The van der Waals surface area contributed by atoms with Crippen LogP contribution in [0.25, 0.3) is 0 Å². The number of carbonyl (C=O) groups is 3. The number of primary amides is 1. The molecule has 1 aromatic rings. The highest BCUT2D eigenvalue weighted by atomic mass is 16.5. The fourth-order valence-corrected chi connectivity index (χ4v) is 5.89. The van der Waals surface area contributed by atoms with Gasteiger partial charge in [-0.05, 0) is 68.6 Å². The third-order valence-electron chi connectivity index (χ3n) is 8.11. The summed E-state index contributed by atoms with van der Waals surface area (Å²) < 4.78 is 16.7. The molecule has 198 valence electrons. The highest BCUT2D eigenvalue weighted by molar-refractivity contribution is 5.96. The van der Waals surface area contributed by atoms with E-state index in [1.165, 1.54) is 0 Å². The topological polar surface area (TPSA) is 120 Å². The zero-order valence-corrected chi connectivity index (χ0v) is 21.6. The number of ether oxygens (including phenoxy) is 3. The molecule has 9 nitrogen and oxygen atoms in total. The van der Waals surface area contributed by atoms with Crippen molar-refractivity contribution in [3.8, 4) is 17.2 Å². The Bertz CT molecular complexity index is 961. The van der Waals surface area contributed by atoms with Crippen LogP contribution < -0.4 is 25.3 Å². The van der Waals surface area contributed by atoms with E-state index in [0.29, 0.717) is 43.1 Å². The van der Waals surface area contributed by atoms with Crippen LogP contribution in [0.1, 0.15) is 75.7 Å². The summed E-state index contributed by atoms with van der Waals surface area (Å²) in [6, 6.07) is 3.12. The van der Waals surface area contributed by atoms with Gasteiger partial charge in [-0.3, -0.25) is 14.4 Å². The minimum absolute atomic E-state index is 0.0556. The quantitative estimate of drug-likeness (QED) is 0.537. The second-order valence-corrected chi connectivity index (χ2v) is 10.3. The molecule has 1 saturated heterocycles. The Morgan fingerprint density at radius 3 is 2.08 bits per heavy atom. The second-order valence-electron chi connectivity index (χ2n) is 10.3. The van der Waals surface area contributed by atoms with Gasteiger partial charge in [-0.1, -0.05) is 19.3 Å². The maximum Gasteiger partial charge on any atom is 0.243 e. The van der Waals surface area contributed by atoms with E-state index in [9.17, 15) is 14.4 Å². The second kappa shape index (κ2) is 11.0. The predicted molar refractivity (Wildman–Crippen MR) is 134 cm³/mol. The zero-order valence-electron chi connectivity index (χ0n) is 21.6. The number of likely N-dealkylation sites (tertiary alicyclic amines) is 1. The van der Waals surface area contributed by atoms with Gasteiger partial charge < -0.3 is 30.2 Å². The number of nitrogens with two attached hydrogens (primary N) is 1. The van der Waals surface area contributed by atoms with Crippen LogP contribution in [0.3, 0.4) is 0 Å². The van der Waals surface area contributed by atoms with E-state index in [4.69, 9.17) is 19.9 Å². The molecule has 2 atom stereocenters. The Labute approximate surface area is 213 Å². The molecule has 0 radical (unpaired) electrons. The smallest absolute Gasteiger partial charge is 0.243 e. The number of hydrogen-bond donors (Lipinski definition) is 2. The predicted octanol–water partition coefficient (Wildman–Crippen LogP) is 2.89.